The fraction of sp³-hybridized carbons (Fsp3) is 0.800. The minimum absolute atomic E-state index is 0.691. The van der Waals surface area contributed by atoms with Crippen molar-refractivity contribution in [1.29, 1.82) is 0 Å². The molecule has 3 heteroatoms. The highest BCUT2D eigenvalue weighted by molar-refractivity contribution is 4.95. The van der Waals surface area contributed by atoms with Crippen molar-refractivity contribution in [2.24, 2.45) is 0 Å². The lowest BCUT2D eigenvalue weighted by molar-refractivity contribution is 0.129. The van der Waals surface area contributed by atoms with Crippen LogP contribution in [0.15, 0.2) is 12.3 Å². The summed E-state index contributed by atoms with van der Waals surface area (Å²) < 4.78 is 0. The predicted octanol–water partition coefficient (Wildman–Crippen LogP) is 0.518. The Morgan fingerprint density at radius 1 is 1.15 bits per heavy atom. The zero-order valence-corrected chi connectivity index (χ0v) is 8.82. The molecule has 0 unspecified atom stereocenters. The standard InChI is InChI=1S/C10H20N2O/c1-10(2,13)4-5-12-8-6-11(3)7-9-12/h4-5,13H,6-9H2,1-3H3. The van der Waals surface area contributed by atoms with Crippen molar-refractivity contribution < 1.29 is 5.11 Å². The van der Waals surface area contributed by atoms with Crippen LogP contribution in [0.5, 0.6) is 0 Å². The summed E-state index contributed by atoms with van der Waals surface area (Å²) in [7, 11) is 2.14. The molecule has 13 heavy (non-hydrogen) atoms. The first-order valence-electron chi connectivity index (χ1n) is 4.82. The largest absolute Gasteiger partial charge is 0.386 e. The lowest BCUT2D eigenvalue weighted by Gasteiger charge is -2.31. The van der Waals surface area contributed by atoms with Crippen molar-refractivity contribution in [2.45, 2.75) is 19.4 Å². The van der Waals surface area contributed by atoms with Crippen molar-refractivity contribution >= 4 is 0 Å². The third-order valence-corrected chi connectivity index (χ3v) is 2.23. The van der Waals surface area contributed by atoms with Gasteiger partial charge >= 0.3 is 0 Å². The van der Waals surface area contributed by atoms with E-state index < -0.39 is 5.60 Å². The van der Waals surface area contributed by atoms with E-state index in [-0.39, 0.29) is 0 Å². The van der Waals surface area contributed by atoms with Gasteiger partial charge in [-0.3, -0.25) is 0 Å². The Kier molecular flexibility index (Phi) is 3.33. The smallest absolute Gasteiger partial charge is 0.0788 e. The van der Waals surface area contributed by atoms with Crippen LogP contribution in [0.1, 0.15) is 13.8 Å². The van der Waals surface area contributed by atoms with Gasteiger partial charge in [0.1, 0.15) is 0 Å². The normalized spacial score (nSPS) is 21.4. The molecule has 3 nitrogen and oxygen atoms in total. The van der Waals surface area contributed by atoms with Crippen molar-refractivity contribution in [3.63, 3.8) is 0 Å². The molecule has 0 atom stereocenters. The molecule has 76 valence electrons. The summed E-state index contributed by atoms with van der Waals surface area (Å²) in [6.07, 6.45) is 3.85. The Morgan fingerprint density at radius 2 is 1.69 bits per heavy atom. The summed E-state index contributed by atoms with van der Waals surface area (Å²) in [5, 5.41) is 9.48. The van der Waals surface area contributed by atoms with E-state index in [1.54, 1.807) is 13.8 Å². The van der Waals surface area contributed by atoms with Gasteiger partial charge in [-0.25, -0.2) is 0 Å². The van der Waals surface area contributed by atoms with Gasteiger partial charge in [-0.05, 0) is 33.2 Å². The number of rotatable bonds is 2. The Hall–Kier alpha value is -0.540. The molecule has 1 heterocycles. The zero-order chi connectivity index (χ0) is 9.90. The molecular formula is C10H20N2O. The Balaban J connectivity index is 2.34. The van der Waals surface area contributed by atoms with Gasteiger partial charge in [0.25, 0.3) is 0 Å². The molecule has 1 aliphatic rings. The lowest BCUT2D eigenvalue weighted by Crippen LogP contribution is -2.42. The van der Waals surface area contributed by atoms with E-state index in [0.29, 0.717) is 0 Å². The Bertz CT molecular complexity index is 176. The maximum atomic E-state index is 9.48. The van der Waals surface area contributed by atoms with Crippen LogP contribution in [0.3, 0.4) is 0 Å². The van der Waals surface area contributed by atoms with Crippen LogP contribution < -0.4 is 0 Å². The van der Waals surface area contributed by atoms with Gasteiger partial charge in [0.15, 0.2) is 0 Å². The third-order valence-electron chi connectivity index (χ3n) is 2.23. The van der Waals surface area contributed by atoms with E-state index in [1.165, 1.54) is 0 Å². The van der Waals surface area contributed by atoms with Crippen molar-refractivity contribution in [1.82, 2.24) is 9.80 Å². The van der Waals surface area contributed by atoms with Gasteiger partial charge in [0.05, 0.1) is 5.60 Å². The molecule has 0 aliphatic carbocycles. The van der Waals surface area contributed by atoms with E-state index in [9.17, 15) is 5.11 Å². The molecule has 0 aromatic rings. The van der Waals surface area contributed by atoms with Crippen LogP contribution in [-0.4, -0.2) is 53.7 Å². The number of piperazine rings is 1. The highest BCUT2D eigenvalue weighted by Gasteiger charge is 2.12. The topological polar surface area (TPSA) is 26.7 Å². The summed E-state index contributed by atoms with van der Waals surface area (Å²) in [5.74, 6) is 0. The van der Waals surface area contributed by atoms with Crippen molar-refractivity contribution in [3.05, 3.63) is 12.3 Å². The molecule has 1 saturated heterocycles. The van der Waals surface area contributed by atoms with E-state index in [2.05, 4.69) is 16.8 Å². The van der Waals surface area contributed by atoms with Crippen molar-refractivity contribution in [2.75, 3.05) is 33.2 Å². The molecule has 0 aromatic carbocycles. The van der Waals surface area contributed by atoms with Crippen LogP contribution in [-0.2, 0) is 0 Å². The van der Waals surface area contributed by atoms with Crippen molar-refractivity contribution in [3.8, 4) is 0 Å². The first-order valence-corrected chi connectivity index (χ1v) is 4.82. The average Bonchev–Trinajstić information content (AvgIpc) is 2.02. The second-order valence-corrected chi connectivity index (χ2v) is 4.31. The number of aliphatic hydroxyl groups is 1. The quantitative estimate of drug-likeness (QED) is 0.677. The van der Waals surface area contributed by atoms with E-state index in [1.807, 2.05) is 12.3 Å². The molecule has 0 saturated carbocycles. The fourth-order valence-electron chi connectivity index (χ4n) is 1.26. The maximum absolute atomic E-state index is 9.48. The molecule has 1 aliphatic heterocycles. The monoisotopic (exact) mass is 184 g/mol. The summed E-state index contributed by atoms with van der Waals surface area (Å²) >= 11 is 0. The van der Waals surface area contributed by atoms with Gasteiger partial charge in [-0.2, -0.15) is 0 Å². The number of likely N-dealkylation sites (N-methyl/N-ethyl adjacent to an activating group) is 1. The fourth-order valence-corrected chi connectivity index (χ4v) is 1.26. The first kappa shape index (κ1) is 10.5. The number of nitrogens with zero attached hydrogens (tertiary/aromatic N) is 2. The molecule has 0 amide bonds. The SMILES string of the molecule is CN1CCN(C=CC(C)(C)O)CC1. The highest BCUT2D eigenvalue weighted by Crippen LogP contribution is 2.05. The Labute approximate surface area is 80.6 Å². The minimum Gasteiger partial charge on any atom is -0.386 e. The maximum Gasteiger partial charge on any atom is 0.0788 e. The second kappa shape index (κ2) is 4.11. The molecule has 1 rings (SSSR count). The van der Waals surface area contributed by atoms with Gasteiger partial charge < -0.3 is 14.9 Å². The van der Waals surface area contributed by atoms with E-state index >= 15 is 0 Å². The van der Waals surface area contributed by atoms with E-state index in [4.69, 9.17) is 0 Å². The second-order valence-electron chi connectivity index (χ2n) is 4.31. The van der Waals surface area contributed by atoms with Crippen LogP contribution in [0, 0.1) is 0 Å². The van der Waals surface area contributed by atoms with Crippen LogP contribution in [0.25, 0.3) is 0 Å². The van der Waals surface area contributed by atoms with Crippen LogP contribution >= 0.6 is 0 Å². The lowest BCUT2D eigenvalue weighted by atomic mass is 10.1. The summed E-state index contributed by atoms with van der Waals surface area (Å²) in [6, 6.07) is 0. The Morgan fingerprint density at radius 3 is 2.15 bits per heavy atom. The van der Waals surface area contributed by atoms with Crippen LogP contribution in [0.2, 0.25) is 0 Å². The first-order chi connectivity index (χ1) is 5.97. The molecule has 0 radical (unpaired) electrons. The van der Waals surface area contributed by atoms with E-state index in [0.717, 1.165) is 26.2 Å². The zero-order valence-electron chi connectivity index (χ0n) is 8.82. The van der Waals surface area contributed by atoms with Crippen LogP contribution in [0.4, 0.5) is 0 Å². The number of hydrogen-bond acceptors (Lipinski definition) is 3. The summed E-state index contributed by atoms with van der Waals surface area (Å²) in [4.78, 5) is 4.56. The summed E-state index contributed by atoms with van der Waals surface area (Å²) in [5.41, 5.74) is -0.691. The van der Waals surface area contributed by atoms with Gasteiger partial charge in [-0.1, -0.05) is 0 Å². The van der Waals surface area contributed by atoms with Gasteiger partial charge in [0, 0.05) is 26.2 Å². The molecule has 0 aromatic heterocycles. The molecule has 0 spiro atoms. The third kappa shape index (κ3) is 4.29. The number of hydrogen-bond donors (Lipinski definition) is 1. The average molecular weight is 184 g/mol. The van der Waals surface area contributed by atoms with Gasteiger partial charge in [0.2, 0.25) is 0 Å². The molecular weight excluding hydrogens is 164 g/mol. The highest BCUT2D eigenvalue weighted by atomic mass is 16.3. The molecule has 1 N–H and O–H groups in total. The molecule has 0 bridgehead atoms. The predicted molar refractivity (Wildman–Crippen MR) is 54.5 cm³/mol. The summed E-state index contributed by atoms with van der Waals surface area (Å²) in [6.45, 7) is 7.91. The molecule has 1 fully saturated rings. The van der Waals surface area contributed by atoms with Gasteiger partial charge in [-0.15, -0.1) is 0 Å². The minimum atomic E-state index is -0.691.